The topological polar surface area (TPSA) is 49.2 Å². The highest BCUT2D eigenvalue weighted by Crippen LogP contribution is 2.39. The van der Waals surface area contributed by atoms with Crippen LogP contribution in [0.25, 0.3) is 16.2 Å². The first-order valence-corrected chi connectivity index (χ1v) is 8.54. The molecule has 1 aromatic heterocycles. The van der Waals surface area contributed by atoms with Crippen LogP contribution in [0.3, 0.4) is 0 Å². The first-order chi connectivity index (χ1) is 14.5. The van der Waals surface area contributed by atoms with Crippen molar-refractivity contribution < 1.29 is 30.7 Å². The molecule has 1 N–H and O–H groups in total. The molecule has 0 spiro atoms. The van der Waals surface area contributed by atoms with E-state index in [0.717, 1.165) is 24.3 Å². The van der Waals surface area contributed by atoms with E-state index in [1.54, 1.807) is 0 Å². The molecule has 2 aromatic carbocycles. The Morgan fingerprint density at radius 1 is 1.00 bits per heavy atom. The lowest BCUT2D eigenvalue weighted by Crippen LogP contribution is -2.34. The number of benzene rings is 2. The lowest BCUT2D eigenvalue weighted by molar-refractivity contribution is -0.136. The van der Waals surface area contributed by atoms with E-state index in [0.29, 0.717) is 16.5 Å². The van der Waals surface area contributed by atoms with Gasteiger partial charge >= 0.3 is 12.4 Å². The van der Waals surface area contributed by atoms with Gasteiger partial charge in [0.05, 0.1) is 18.7 Å². The van der Waals surface area contributed by atoms with Gasteiger partial charge in [-0.2, -0.15) is 31.4 Å². The third-order valence-corrected chi connectivity index (χ3v) is 4.12. The zero-order valence-corrected chi connectivity index (χ0v) is 15.4. The van der Waals surface area contributed by atoms with Gasteiger partial charge in [-0.15, -0.1) is 0 Å². The number of nitrogens with one attached hydrogen (secondary N) is 1. The molecule has 162 valence electrons. The average Bonchev–Trinajstić information content (AvgIpc) is 3.14. The summed E-state index contributed by atoms with van der Waals surface area (Å²) in [5.41, 5.74) is -2.05. The average molecular weight is 443 g/mol. The number of aromatic amines is 1. The predicted molar refractivity (Wildman–Crippen MR) is 96.6 cm³/mol. The Balaban J connectivity index is 1.94. The number of rotatable bonds is 5. The maximum Gasteiger partial charge on any atom is 0.407 e. The smallest absolute Gasteiger partial charge is 0.355 e. The highest BCUT2D eigenvalue weighted by Gasteiger charge is 2.36. The van der Waals surface area contributed by atoms with Gasteiger partial charge in [0, 0.05) is 11.3 Å². The Labute approximate surface area is 171 Å². The molecule has 0 saturated carbocycles. The van der Waals surface area contributed by atoms with Gasteiger partial charge < -0.3 is 4.90 Å². The fourth-order valence-electron chi connectivity index (χ4n) is 2.78. The van der Waals surface area contributed by atoms with E-state index < -0.39 is 48.2 Å². The van der Waals surface area contributed by atoms with E-state index >= 15 is 0 Å². The second kappa shape index (κ2) is 8.25. The van der Waals surface area contributed by atoms with Gasteiger partial charge in [0.2, 0.25) is 0 Å². The molecule has 0 fully saturated rings. The first kappa shape index (κ1) is 22.1. The van der Waals surface area contributed by atoms with Crippen molar-refractivity contribution in [3.8, 4) is 11.4 Å². The molecule has 3 rings (SSSR count). The molecule has 5 nitrogen and oxygen atoms in total. The molecule has 0 radical (unpaired) electrons. The van der Waals surface area contributed by atoms with E-state index in [4.69, 9.17) is 6.57 Å². The van der Waals surface area contributed by atoms with Gasteiger partial charge in [0.25, 0.3) is 0 Å². The van der Waals surface area contributed by atoms with Crippen molar-refractivity contribution in [1.29, 1.82) is 0 Å². The minimum absolute atomic E-state index is 0.0496. The molecule has 0 saturated heterocycles. The number of hydrogen-bond acceptors (Lipinski definition) is 3. The lowest BCUT2D eigenvalue weighted by Gasteiger charge is -2.26. The zero-order chi connectivity index (χ0) is 22.8. The van der Waals surface area contributed by atoms with Crippen LogP contribution in [0.5, 0.6) is 0 Å². The number of H-pyrrole nitrogens is 1. The van der Waals surface area contributed by atoms with Crippen molar-refractivity contribution in [2.45, 2.75) is 18.9 Å². The predicted octanol–water partition coefficient (Wildman–Crippen LogP) is 5.75. The van der Waals surface area contributed by atoms with Crippen molar-refractivity contribution in [3.05, 3.63) is 71.1 Å². The highest BCUT2D eigenvalue weighted by molar-refractivity contribution is 5.62. The summed E-state index contributed by atoms with van der Waals surface area (Å²) in [6, 6.07) is 7.36. The normalized spacial score (nSPS) is 11.9. The van der Waals surface area contributed by atoms with Gasteiger partial charge in [-0.25, -0.2) is 14.2 Å². The summed E-state index contributed by atoms with van der Waals surface area (Å²) < 4.78 is 92.0. The van der Waals surface area contributed by atoms with Gasteiger partial charge in [0.1, 0.15) is 18.2 Å². The molecule has 0 amide bonds. The monoisotopic (exact) mass is 443 g/mol. The zero-order valence-electron chi connectivity index (χ0n) is 15.4. The third kappa shape index (κ3) is 5.50. The quantitative estimate of drug-likeness (QED) is 0.404. The molecule has 31 heavy (non-hydrogen) atoms. The van der Waals surface area contributed by atoms with Crippen LogP contribution in [0.15, 0.2) is 42.5 Å². The highest BCUT2D eigenvalue weighted by atomic mass is 19.4. The maximum absolute atomic E-state index is 13.2. The van der Waals surface area contributed by atoms with E-state index in [2.05, 4.69) is 20.0 Å². The SMILES string of the molecule is [C-]#[N+]c1ccc(N(Cc2nc(-c3ccc(F)cc3)n[nH]2)CC(F)(F)F)cc1C(F)(F)F. The molecule has 0 bridgehead atoms. The summed E-state index contributed by atoms with van der Waals surface area (Å²) >= 11 is 0. The van der Waals surface area contributed by atoms with Crippen LogP contribution < -0.4 is 4.90 Å². The Kier molecular flexibility index (Phi) is 5.88. The van der Waals surface area contributed by atoms with Gasteiger partial charge in [-0.3, -0.25) is 5.10 Å². The number of nitrogens with zero attached hydrogens (tertiary/aromatic N) is 4. The van der Waals surface area contributed by atoms with Crippen molar-refractivity contribution in [1.82, 2.24) is 15.2 Å². The second-order valence-electron chi connectivity index (χ2n) is 6.39. The largest absolute Gasteiger partial charge is 0.407 e. The van der Waals surface area contributed by atoms with Crippen LogP contribution in [-0.2, 0) is 12.7 Å². The second-order valence-corrected chi connectivity index (χ2v) is 6.39. The standard InChI is InChI=1S/C19H12F7N5/c1-27-15-7-6-13(8-14(15)19(24,25)26)31(10-18(21,22)23)9-16-28-17(30-29-16)11-2-4-12(20)5-3-11/h2-8H,9-10H2,(H,28,29,30). The molecule has 0 aliphatic heterocycles. The van der Waals surface area contributed by atoms with Gasteiger partial charge in [0.15, 0.2) is 11.5 Å². The summed E-state index contributed by atoms with van der Waals surface area (Å²) in [5, 5.41) is 6.29. The molecule has 0 aliphatic rings. The van der Waals surface area contributed by atoms with E-state index in [9.17, 15) is 30.7 Å². The van der Waals surface area contributed by atoms with Crippen LogP contribution in [0.4, 0.5) is 42.1 Å². The first-order valence-electron chi connectivity index (χ1n) is 8.54. The summed E-state index contributed by atoms with van der Waals surface area (Å²) in [6.07, 6.45) is -9.64. The molecule has 0 aliphatic carbocycles. The van der Waals surface area contributed by atoms with Gasteiger partial charge in [-0.05, 0) is 36.4 Å². The summed E-state index contributed by atoms with van der Waals surface area (Å²) in [7, 11) is 0. The molecule has 12 heteroatoms. The fraction of sp³-hybridized carbons (Fsp3) is 0.211. The molecule has 0 atom stereocenters. The summed E-state index contributed by atoms with van der Waals surface area (Å²) in [6.45, 7) is 4.75. The molecular formula is C19H12F7N5. The molecular weight excluding hydrogens is 431 g/mol. The van der Waals surface area contributed by atoms with E-state index in [1.807, 2.05) is 0 Å². The molecule has 0 unspecified atom stereocenters. The van der Waals surface area contributed by atoms with Crippen LogP contribution in [0, 0.1) is 12.4 Å². The minimum Gasteiger partial charge on any atom is -0.355 e. The summed E-state index contributed by atoms with van der Waals surface area (Å²) in [4.78, 5) is 7.45. The number of anilines is 1. The van der Waals surface area contributed by atoms with Crippen molar-refractivity contribution in [2.75, 3.05) is 11.4 Å². The number of aromatic nitrogens is 3. The number of alkyl halides is 6. The van der Waals surface area contributed by atoms with E-state index in [1.165, 1.54) is 12.1 Å². The fourth-order valence-corrected chi connectivity index (χ4v) is 2.78. The number of halogens is 7. The Morgan fingerprint density at radius 3 is 2.26 bits per heavy atom. The van der Waals surface area contributed by atoms with Crippen molar-refractivity contribution in [3.63, 3.8) is 0 Å². The van der Waals surface area contributed by atoms with Crippen molar-refractivity contribution >= 4 is 11.4 Å². The minimum atomic E-state index is -4.91. The molecule has 1 heterocycles. The maximum atomic E-state index is 13.2. The van der Waals surface area contributed by atoms with Gasteiger partial charge in [-0.1, -0.05) is 6.07 Å². The Morgan fingerprint density at radius 2 is 1.68 bits per heavy atom. The molecule has 3 aromatic rings. The van der Waals surface area contributed by atoms with E-state index in [-0.39, 0.29) is 11.6 Å². The third-order valence-electron chi connectivity index (χ3n) is 4.12. The summed E-state index contributed by atoms with van der Waals surface area (Å²) in [5.74, 6) is -0.466. The van der Waals surface area contributed by atoms with Crippen LogP contribution in [0.1, 0.15) is 11.4 Å². The van der Waals surface area contributed by atoms with Crippen LogP contribution in [0.2, 0.25) is 0 Å². The Hall–Kier alpha value is -3.62. The van der Waals surface area contributed by atoms with Crippen molar-refractivity contribution in [2.24, 2.45) is 0 Å². The Bertz CT molecular complexity index is 1090. The van der Waals surface area contributed by atoms with Crippen LogP contribution in [-0.4, -0.2) is 27.9 Å². The van der Waals surface area contributed by atoms with Crippen LogP contribution >= 0.6 is 0 Å². The lowest BCUT2D eigenvalue weighted by atomic mass is 10.1. The number of hydrogen-bond donors (Lipinski definition) is 1.